The number of hydrogen-bond donors (Lipinski definition) is 2. The van der Waals surface area contributed by atoms with Gasteiger partial charge in [-0.25, -0.2) is 0 Å². The quantitative estimate of drug-likeness (QED) is 0.256. The van der Waals surface area contributed by atoms with Gasteiger partial charge >= 0.3 is 12.2 Å². The van der Waals surface area contributed by atoms with Crippen LogP contribution in [0.25, 0.3) is 5.53 Å². The van der Waals surface area contributed by atoms with Gasteiger partial charge in [0.25, 0.3) is 0 Å². The number of carbonyl (C=O) groups is 2. The van der Waals surface area contributed by atoms with E-state index in [1.807, 2.05) is 0 Å². The Labute approximate surface area is 72.9 Å². The van der Waals surface area contributed by atoms with Crippen LogP contribution in [-0.2, 0) is 9.59 Å². The molecule has 13 heavy (non-hydrogen) atoms. The van der Waals surface area contributed by atoms with E-state index in [0.29, 0.717) is 6.21 Å². The minimum Gasteiger partial charge on any atom is -0.480 e. The third kappa shape index (κ3) is 4.78. The number of hydrogen-bond acceptors (Lipinski definition) is 3. The third-order valence-corrected chi connectivity index (χ3v) is 1.31. The molecule has 1 atom stereocenters. The summed E-state index contributed by atoms with van der Waals surface area (Å²) >= 11 is 0. The highest BCUT2D eigenvalue weighted by molar-refractivity contribution is 6.25. The summed E-state index contributed by atoms with van der Waals surface area (Å²) in [6, 6.07) is -1.41. The topological polar surface area (TPSA) is 103 Å². The Morgan fingerprint density at radius 1 is 1.69 bits per heavy atom. The van der Waals surface area contributed by atoms with Crippen LogP contribution < -0.4 is 5.54 Å². The minimum absolute atomic E-state index is 0.196. The first-order chi connectivity index (χ1) is 6.11. The summed E-state index contributed by atoms with van der Waals surface area (Å²) < 4.78 is 11.7. The Morgan fingerprint density at radius 2 is 2.31 bits per heavy atom. The van der Waals surface area contributed by atoms with Crippen molar-refractivity contribution >= 4 is 18.0 Å². The first kappa shape index (κ1) is 11.4. The lowest BCUT2D eigenvalue weighted by Crippen LogP contribution is -2.31. The van der Waals surface area contributed by atoms with E-state index in [1.165, 1.54) is 0 Å². The van der Waals surface area contributed by atoms with Crippen LogP contribution in [0.4, 0.5) is 4.48 Å². The fraction of sp³-hybridized carbons (Fsp3) is 0.500. The van der Waals surface area contributed by atoms with Gasteiger partial charge < -0.3 is 10.6 Å². The number of carbonyl (C=O) groups excluding carboxylic acids is 1. The van der Waals surface area contributed by atoms with E-state index < -0.39 is 17.8 Å². The summed E-state index contributed by atoms with van der Waals surface area (Å²) in [5.41, 5.74) is 8.95. The second kappa shape index (κ2) is 5.99. The normalized spacial score (nSPS) is 11.5. The molecule has 0 bridgehead atoms. The van der Waals surface area contributed by atoms with Crippen molar-refractivity contribution in [3.05, 3.63) is 5.53 Å². The van der Waals surface area contributed by atoms with Gasteiger partial charge in [-0.2, -0.15) is 4.79 Å². The van der Waals surface area contributed by atoms with Crippen molar-refractivity contribution in [1.29, 1.82) is 0 Å². The average Bonchev–Trinajstić information content (AvgIpc) is 2.05. The molecule has 0 aliphatic heterocycles. The van der Waals surface area contributed by atoms with E-state index in [0.717, 1.165) is 5.54 Å². The smallest absolute Gasteiger partial charge is 0.323 e. The Kier molecular flexibility index (Phi) is 5.25. The lowest BCUT2D eigenvalue weighted by Gasteiger charge is -2.04. The summed E-state index contributed by atoms with van der Waals surface area (Å²) in [6.07, 6.45) is 0.242. The zero-order chi connectivity index (χ0) is 10.3. The van der Waals surface area contributed by atoms with Crippen LogP contribution >= 0.6 is 0 Å². The highest BCUT2D eigenvalue weighted by atomic mass is 19.2. The van der Waals surface area contributed by atoms with E-state index in [1.54, 1.807) is 0 Å². The highest BCUT2D eigenvalue weighted by Gasteiger charge is 2.18. The second-order valence-electron chi connectivity index (χ2n) is 2.25. The largest absolute Gasteiger partial charge is 0.480 e. The van der Waals surface area contributed by atoms with E-state index >= 15 is 0 Å². The minimum atomic E-state index is -1.41. The van der Waals surface area contributed by atoms with Crippen molar-refractivity contribution in [3.63, 3.8) is 0 Å². The number of carboxylic acids is 1. The molecule has 0 heterocycles. The molecule has 0 spiro atoms. The van der Waals surface area contributed by atoms with Crippen molar-refractivity contribution in [3.8, 4) is 0 Å². The van der Waals surface area contributed by atoms with Gasteiger partial charge in [0.2, 0.25) is 5.78 Å². The van der Waals surface area contributed by atoms with Crippen LogP contribution in [0.1, 0.15) is 12.8 Å². The molecule has 0 radical (unpaired) electrons. The zero-order valence-electron chi connectivity index (χ0n) is 6.61. The number of halogens is 1. The Hall–Kier alpha value is -1.59. The van der Waals surface area contributed by atoms with Gasteiger partial charge in [-0.05, 0) is 6.42 Å². The highest BCUT2D eigenvalue weighted by Crippen LogP contribution is 1.97. The third-order valence-electron chi connectivity index (χ3n) is 1.31. The molecule has 2 N–H and O–H groups in total. The predicted octanol–water partition coefficient (Wildman–Crippen LogP) is -0.436. The maximum Gasteiger partial charge on any atom is 0.323 e. The average molecular weight is 189 g/mol. The number of aliphatic carboxylic acids is 1. The Bertz CT molecular complexity index is 250. The van der Waals surface area contributed by atoms with E-state index in [9.17, 15) is 14.1 Å². The van der Waals surface area contributed by atoms with Crippen LogP contribution in [0.2, 0.25) is 0 Å². The molecule has 72 valence electrons. The summed E-state index contributed by atoms with van der Waals surface area (Å²) in [4.78, 5) is 23.3. The molecule has 0 fully saturated rings. The standard InChI is InChI=1S/C6H8FN3O3/c7-10-5(6(12)13)2-1-4(11)3-9-8/h3,5,10H,1-2H2,(H,12,13)/t5-/m0/s1. The summed E-state index contributed by atoms with van der Waals surface area (Å²) in [5, 5.41) is 8.32. The molecule has 0 amide bonds. The molecular weight excluding hydrogens is 181 g/mol. The number of nitrogens with zero attached hydrogens (tertiary/aromatic N) is 2. The van der Waals surface area contributed by atoms with Crippen LogP contribution in [-0.4, -0.2) is 33.9 Å². The van der Waals surface area contributed by atoms with E-state index in [4.69, 9.17) is 10.6 Å². The maximum absolute atomic E-state index is 11.7. The molecule has 0 rings (SSSR count). The van der Waals surface area contributed by atoms with Crippen molar-refractivity contribution < 1.29 is 24.0 Å². The van der Waals surface area contributed by atoms with Gasteiger partial charge in [0.1, 0.15) is 6.04 Å². The van der Waals surface area contributed by atoms with Gasteiger partial charge in [0, 0.05) is 6.42 Å². The van der Waals surface area contributed by atoms with E-state index in [2.05, 4.69) is 4.79 Å². The van der Waals surface area contributed by atoms with Gasteiger partial charge in [-0.3, -0.25) is 9.59 Å². The summed E-state index contributed by atoms with van der Waals surface area (Å²) in [6.45, 7) is 0. The van der Waals surface area contributed by atoms with Gasteiger partial charge in [-0.1, -0.05) is 0 Å². The molecule has 6 nitrogen and oxygen atoms in total. The summed E-state index contributed by atoms with van der Waals surface area (Å²) in [5.74, 6) is -1.94. The lowest BCUT2D eigenvalue weighted by atomic mass is 10.1. The van der Waals surface area contributed by atoms with Crippen molar-refractivity contribution in [2.24, 2.45) is 0 Å². The fourth-order valence-electron chi connectivity index (χ4n) is 0.640. The van der Waals surface area contributed by atoms with Crippen LogP contribution in [0.15, 0.2) is 0 Å². The second-order valence-corrected chi connectivity index (χ2v) is 2.25. The number of ketones is 1. The Balaban J connectivity index is 3.92. The molecule has 0 aromatic heterocycles. The molecule has 0 unspecified atom stereocenters. The van der Waals surface area contributed by atoms with Gasteiger partial charge in [-0.15, -0.1) is 10.0 Å². The van der Waals surface area contributed by atoms with Crippen molar-refractivity contribution in [2.45, 2.75) is 18.9 Å². The molecule has 7 heteroatoms. The lowest BCUT2D eigenvalue weighted by molar-refractivity contribution is -0.141. The first-order valence-corrected chi connectivity index (χ1v) is 3.41. The maximum atomic E-state index is 11.7. The zero-order valence-corrected chi connectivity index (χ0v) is 6.61. The van der Waals surface area contributed by atoms with Crippen LogP contribution in [0.5, 0.6) is 0 Å². The number of rotatable bonds is 6. The number of carboxylic acid groups (broad SMARTS) is 1. The SMILES string of the molecule is [N-]=[N+]=CC(=O)CC[C@H](NF)C(=O)O. The van der Waals surface area contributed by atoms with Crippen molar-refractivity contribution in [1.82, 2.24) is 5.54 Å². The fourth-order valence-corrected chi connectivity index (χ4v) is 0.640. The van der Waals surface area contributed by atoms with Crippen LogP contribution in [0.3, 0.4) is 0 Å². The molecule has 0 aliphatic rings. The number of Topliss-reactive ketones (excluding diaryl/α,β-unsaturated/α-hetero) is 1. The monoisotopic (exact) mass is 189 g/mol. The molecular formula is C6H8FN3O3. The molecule has 0 aliphatic carbocycles. The molecule has 0 saturated heterocycles. The van der Waals surface area contributed by atoms with Gasteiger partial charge in [0.05, 0.1) is 0 Å². The van der Waals surface area contributed by atoms with Crippen LogP contribution in [0, 0.1) is 0 Å². The van der Waals surface area contributed by atoms with Gasteiger partial charge in [0.15, 0.2) is 0 Å². The predicted molar refractivity (Wildman–Crippen MR) is 39.6 cm³/mol. The molecule has 0 aromatic rings. The number of nitrogens with one attached hydrogen (secondary N) is 1. The molecule has 0 saturated carbocycles. The Morgan fingerprint density at radius 3 is 2.69 bits per heavy atom. The van der Waals surface area contributed by atoms with E-state index in [-0.39, 0.29) is 12.8 Å². The first-order valence-electron chi connectivity index (χ1n) is 3.41. The summed E-state index contributed by atoms with van der Waals surface area (Å²) in [7, 11) is 0. The van der Waals surface area contributed by atoms with Crippen molar-refractivity contribution in [2.75, 3.05) is 0 Å². The molecule has 0 aromatic carbocycles.